The molecule has 103 heavy (non-hydrogen) atoms. The van der Waals surface area contributed by atoms with Crippen LogP contribution < -0.4 is 97.3 Å². The minimum absolute atomic E-state index is 0.00633. The molecule has 2 aromatic rings. The van der Waals surface area contributed by atoms with Crippen molar-refractivity contribution in [2.45, 2.75) is 148 Å². The number of ketones is 7. The van der Waals surface area contributed by atoms with Gasteiger partial charge in [-0.05, 0) is 89.9 Å². The fraction of sp³-hybridized carbons (Fsp3) is 0.667. The number of hydrogen-bond acceptors (Lipinski definition) is 23. The van der Waals surface area contributed by atoms with Gasteiger partial charge in [-0.15, -0.1) is 11.8 Å². The van der Waals surface area contributed by atoms with E-state index >= 15 is 4.79 Å². The van der Waals surface area contributed by atoms with Crippen molar-refractivity contribution in [2.75, 3.05) is 76.3 Å². The van der Waals surface area contributed by atoms with E-state index in [0.29, 0.717) is 6.42 Å². The van der Waals surface area contributed by atoms with Crippen molar-refractivity contribution in [3.63, 3.8) is 0 Å². The van der Waals surface area contributed by atoms with Crippen LogP contribution in [0.15, 0.2) is 46.1 Å². The zero-order valence-corrected chi connectivity index (χ0v) is 59.9. The van der Waals surface area contributed by atoms with Crippen LogP contribution in [0, 0.1) is 47.3 Å². The van der Waals surface area contributed by atoms with Gasteiger partial charge in [-0.1, -0.05) is 6.92 Å². The zero-order chi connectivity index (χ0) is 77.0. The summed E-state index contributed by atoms with van der Waals surface area (Å²) in [6.45, 7) is 2.18. The Morgan fingerprint density at radius 3 is 1.04 bits per heavy atom. The highest BCUT2D eigenvalue weighted by Crippen LogP contribution is 2.31. The van der Waals surface area contributed by atoms with Crippen molar-refractivity contribution in [3.05, 3.63) is 16.7 Å². The molecule has 0 saturated carbocycles. The maximum atomic E-state index is 15.0. The largest absolute Gasteiger partial charge is 0.463 e. The molecule has 576 valence electrons. The Labute approximate surface area is 602 Å². The molecule has 40 heteroatoms. The van der Waals surface area contributed by atoms with E-state index in [-0.39, 0.29) is 251 Å². The molecule has 33 N–H and O–H groups in total. The van der Waals surface area contributed by atoms with E-state index in [4.69, 9.17) is 101 Å². The van der Waals surface area contributed by atoms with Crippen LogP contribution in [-0.4, -0.2) is 184 Å². The van der Waals surface area contributed by atoms with E-state index in [1.165, 1.54) is 10.9 Å². The normalized spacial score (nSPS) is 13.4. The lowest BCUT2D eigenvalue weighted by Crippen LogP contribution is -2.32. The number of hydrogen-bond donors (Lipinski definition) is 17. The van der Waals surface area contributed by atoms with Gasteiger partial charge in [0.2, 0.25) is 11.9 Å². The molecular weight excluding hydrogens is 1360 g/mol. The van der Waals surface area contributed by atoms with Gasteiger partial charge in [-0.2, -0.15) is 4.98 Å². The van der Waals surface area contributed by atoms with Crippen LogP contribution in [0.1, 0.15) is 142 Å². The Morgan fingerprint density at radius 1 is 0.447 bits per heavy atom. The number of nitrogens with two attached hydrogens (primary N) is 16. The standard InChI is InChI=1S/C63H111N27O12S/c1-36(32-103-33-51(98)102-24-23-101-35-90-34-87-52-54(90)88-63(79)89-55(52)100)44(91)25-37(9-2-16-80-56(65)66)45(92)26-38(10-3-17-81-57(67)68)46(93)27-39(11-4-18-82-58(69)70)47(94)28-40(12-5-19-83-59(71)72)48(95)29-41(13-6-20-84-60(73)74)49(96)30-42(14-7-21-85-61(75)76)50(97)31-43(53(64)99)15-8-22-86-62(77)78/h34,36-43H,2-33,35H2,1H3,(H2,64,99)(H4,65,66,80)(H4,67,68,81)(H4,69,70,82)(H4,71,72,83)(H4,73,74,84)(H4,75,76,85)(H4,77,78,86)(H3,79,88,89,100)/t36-,37-,38-,39-,40-,41-,42-,43-/m0/s1. The number of H-pyrrole nitrogens is 1. The number of imidazole rings is 1. The zero-order valence-electron chi connectivity index (χ0n) is 59.0. The number of aromatic amines is 1. The highest BCUT2D eigenvalue weighted by Gasteiger charge is 2.36. The lowest BCUT2D eigenvalue weighted by atomic mass is 9.78. The second-order valence-corrected chi connectivity index (χ2v) is 26.2. The van der Waals surface area contributed by atoms with Gasteiger partial charge in [0.15, 0.2) is 52.9 Å². The Hall–Kier alpha value is -10.0. The predicted molar refractivity (Wildman–Crippen MR) is 396 cm³/mol. The van der Waals surface area contributed by atoms with Crippen LogP contribution in [0.4, 0.5) is 5.95 Å². The Bertz CT molecular complexity index is 3340. The predicted octanol–water partition coefficient (Wildman–Crippen LogP) is -3.52. The number of esters is 1. The molecule has 0 unspecified atom stereocenters. The van der Waals surface area contributed by atoms with E-state index in [2.05, 4.69) is 49.9 Å². The van der Waals surface area contributed by atoms with E-state index in [0.717, 1.165) is 11.8 Å². The molecule has 0 aliphatic heterocycles. The van der Waals surface area contributed by atoms with Gasteiger partial charge >= 0.3 is 5.97 Å². The van der Waals surface area contributed by atoms with Crippen molar-refractivity contribution < 1.29 is 52.6 Å². The SMILES string of the molecule is C[C@@H](CSCC(=O)OCCOCn1cnc2c(=O)[nH]c(N)nc21)C(=O)C[C@H](CCCN=C(N)N)C(=O)C[C@H](CCCN=C(N)N)C(=O)C[C@H](CCCN=C(N)N)C(=O)C[C@H](CCCN=C(N)N)C(=O)C[C@H](CCCN=C(N)N)C(=O)C[C@H](CCCN=C(N)N)C(=O)C[C@H](CCCN=C(N)N)C(N)=O. The summed E-state index contributed by atoms with van der Waals surface area (Å²) < 4.78 is 12.3. The van der Waals surface area contributed by atoms with Crippen molar-refractivity contribution in [1.82, 2.24) is 19.5 Å². The first-order valence-electron chi connectivity index (χ1n) is 34.2. The topological polar surface area (TPSA) is 738 Å². The average Bonchev–Trinajstić information content (AvgIpc) is 1.66. The first-order chi connectivity index (χ1) is 48.8. The number of guanidine groups is 7. The number of ether oxygens (including phenoxy) is 2. The number of anilines is 1. The molecule has 0 spiro atoms. The van der Waals surface area contributed by atoms with Crippen LogP contribution in [0.3, 0.4) is 0 Å². The second-order valence-electron chi connectivity index (χ2n) is 25.1. The van der Waals surface area contributed by atoms with E-state index in [1.54, 1.807) is 6.92 Å². The maximum Gasteiger partial charge on any atom is 0.315 e. The molecule has 2 aromatic heterocycles. The van der Waals surface area contributed by atoms with Crippen LogP contribution in [0.5, 0.6) is 0 Å². The molecule has 1 amide bonds. The summed E-state index contributed by atoms with van der Waals surface area (Å²) in [6, 6.07) is 0. The molecule has 0 fully saturated rings. The number of nitrogens with zero attached hydrogens (tertiary/aromatic N) is 10. The Kier molecular flexibility index (Phi) is 42.8. The van der Waals surface area contributed by atoms with Crippen LogP contribution >= 0.6 is 11.8 Å². The summed E-state index contributed by atoms with van der Waals surface area (Å²) >= 11 is 1.15. The first-order valence-corrected chi connectivity index (χ1v) is 35.3. The monoisotopic (exact) mass is 1470 g/mol. The number of Topliss-reactive ketones (excluding diaryl/α,β-unsaturated/α-hetero) is 7. The number of nitrogens with one attached hydrogen (secondary N) is 1. The molecule has 0 bridgehead atoms. The Morgan fingerprint density at radius 2 is 0.738 bits per heavy atom. The summed E-state index contributed by atoms with van der Waals surface area (Å²) in [7, 11) is 0. The van der Waals surface area contributed by atoms with Crippen LogP contribution in [0.25, 0.3) is 11.2 Å². The van der Waals surface area contributed by atoms with Crippen molar-refractivity contribution in [1.29, 1.82) is 0 Å². The third-order valence-electron chi connectivity index (χ3n) is 16.7. The smallest absolute Gasteiger partial charge is 0.315 e. The molecule has 0 aliphatic carbocycles. The van der Waals surface area contributed by atoms with E-state index < -0.39 is 119 Å². The fourth-order valence-corrected chi connectivity index (χ4v) is 12.1. The minimum atomic E-state index is -1.07. The number of carbonyl (C=O) groups excluding carboxylic acids is 9. The molecular formula is C63H111N27O12S. The summed E-state index contributed by atoms with van der Waals surface area (Å²) in [5.74, 6) is -13.4. The molecule has 0 radical (unpaired) electrons. The first kappa shape index (κ1) is 89.1. The number of thioether (sulfide) groups is 1. The molecule has 0 saturated heterocycles. The average molecular weight is 1470 g/mol. The van der Waals surface area contributed by atoms with Gasteiger partial charge in [-0.25, -0.2) is 4.98 Å². The molecule has 39 nitrogen and oxygen atoms in total. The highest BCUT2D eigenvalue weighted by molar-refractivity contribution is 7.99. The molecule has 8 atom stereocenters. The van der Waals surface area contributed by atoms with E-state index in [1.807, 2.05) is 0 Å². The van der Waals surface area contributed by atoms with Crippen LogP contribution in [-0.2, 0) is 59.4 Å². The van der Waals surface area contributed by atoms with Crippen LogP contribution in [0.2, 0.25) is 0 Å². The Balaban J connectivity index is 2.51. The summed E-state index contributed by atoms with van der Waals surface area (Å²) in [5, 5.41) is 0. The third kappa shape index (κ3) is 39.1. The third-order valence-corrected chi connectivity index (χ3v) is 17.8. The highest BCUT2D eigenvalue weighted by atomic mass is 32.2. The van der Waals surface area contributed by atoms with Gasteiger partial charge in [0.05, 0.1) is 18.7 Å². The number of amides is 1. The van der Waals surface area contributed by atoms with Gasteiger partial charge in [0.25, 0.3) is 5.56 Å². The molecule has 0 aliphatic rings. The summed E-state index contributed by atoms with van der Waals surface area (Å²) in [5.41, 5.74) is 89.6. The second kappa shape index (κ2) is 49.5. The molecule has 2 heterocycles. The number of primary amides is 1. The number of fused-ring (bicyclic) bond motifs is 1. The fourth-order valence-electron chi connectivity index (χ4n) is 11.2. The lowest BCUT2D eigenvalue weighted by Gasteiger charge is -2.25. The minimum Gasteiger partial charge on any atom is -0.463 e. The van der Waals surface area contributed by atoms with Gasteiger partial charge in [0, 0.05) is 144 Å². The molecule has 2 rings (SSSR count). The maximum absolute atomic E-state index is 15.0. The van der Waals surface area contributed by atoms with Gasteiger partial charge in [0.1, 0.15) is 53.8 Å². The number of aromatic nitrogens is 4. The van der Waals surface area contributed by atoms with Crippen molar-refractivity contribution in [2.24, 2.45) is 168 Å². The van der Waals surface area contributed by atoms with Gasteiger partial charge in [-0.3, -0.25) is 92.4 Å². The van der Waals surface area contributed by atoms with E-state index in [9.17, 15) is 43.2 Å². The number of carbonyl (C=O) groups is 9. The number of aliphatic imine (C=N–C) groups is 7. The van der Waals surface area contributed by atoms with Crippen molar-refractivity contribution in [3.8, 4) is 0 Å². The quantitative estimate of drug-likeness (QED) is 0.0132. The summed E-state index contributed by atoms with van der Waals surface area (Å²) in [4.78, 5) is 179. The van der Waals surface area contributed by atoms with Crippen molar-refractivity contribution >= 4 is 123 Å². The molecule has 0 aromatic carbocycles. The van der Waals surface area contributed by atoms with Gasteiger partial charge < -0.3 is 101 Å². The summed E-state index contributed by atoms with van der Waals surface area (Å²) in [6.07, 6.45) is 1.32. The number of nitrogen functional groups attached to an aromatic ring is 1. The number of rotatable bonds is 59. The lowest BCUT2D eigenvalue weighted by molar-refractivity contribution is -0.142.